The van der Waals surface area contributed by atoms with Crippen LogP contribution < -0.4 is 5.19 Å². The summed E-state index contributed by atoms with van der Waals surface area (Å²) in [5, 5.41) is 1.48. The molecular weight excluding hydrogens is 208 g/mol. The van der Waals surface area contributed by atoms with Gasteiger partial charge in [0, 0.05) is 0 Å². The van der Waals surface area contributed by atoms with Crippen LogP contribution in [0.2, 0.25) is 5.54 Å². The number of allylic oxidation sites excluding steroid dienone is 1. The Kier molecular flexibility index (Phi) is 4.40. The minimum Gasteiger partial charge on any atom is -0.103 e. The van der Waals surface area contributed by atoms with Crippen LogP contribution in [0.5, 0.6) is 0 Å². The molecule has 1 aromatic rings. The molecule has 1 aliphatic rings. The van der Waals surface area contributed by atoms with Crippen molar-refractivity contribution in [1.29, 1.82) is 0 Å². The molecule has 0 aliphatic heterocycles. The molecule has 1 aliphatic carbocycles. The molecule has 1 aromatic carbocycles. The zero-order valence-corrected chi connectivity index (χ0v) is 10.9. The van der Waals surface area contributed by atoms with E-state index >= 15 is 0 Å². The Morgan fingerprint density at radius 3 is 2.44 bits per heavy atom. The first-order chi connectivity index (χ1) is 7.90. The smallest absolute Gasteiger partial charge is 0.0886 e. The highest BCUT2D eigenvalue weighted by Crippen LogP contribution is 2.33. The van der Waals surface area contributed by atoms with Crippen molar-refractivity contribution in [3.8, 4) is 0 Å². The van der Waals surface area contributed by atoms with Crippen molar-refractivity contribution in [2.45, 2.75) is 37.6 Å². The average molecular weight is 228 g/mol. The molecule has 84 valence electrons. The van der Waals surface area contributed by atoms with Gasteiger partial charge >= 0.3 is 0 Å². The highest BCUT2D eigenvalue weighted by Gasteiger charge is 2.21. The van der Waals surface area contributed by atoms with Gasteiger partial charge in [0.1, 0.15) is 0 Å². The Bertz CT molecular complexity index is 311. The molecule has 2 radical (unpaired) electrons. The summed E-state index contributed by atoms with van der Waals surface area (Å²) in [6.07, 6.45) is 9.31. The predicted molar refractivity (Wildman–Crippen MR) is 72.4 cm³/mol. The summed E-state index contributed by atoms with van der Waals surface area (Å²) in [5.41, 5.74) is 0.711. The van der Waals surface area contributed by atoms with Crippen LogP contribution in [0.1, 0.15) is 32.1 Å². The maximum atomic E-state index is 4.04. The molecule has 1 heteroatoms. The third-order valence-corrected chi connectivity index (χ3v) is 5.23. The van der Waals surface area contributed by atoms with Crippen LogP contribution in [-0.2, 0) is 0 Å². The fourth-order valence-electron chi connectivity index (χ4n) is 2.59. The molecule has 0 N–H and O–H groups in total. The summed E-state index contributed by atoms with van der Waals surface area (Å²) in [6.45, 7) is 4.04. The zero-order chi connectivity index (χ0) is 11.2. The lowest BCUT2D eigenvalue weighted by atomic mass is 9.86. The number of rotatable bonds is 4. The lowest BCUT2D eigenvalue weighted by Crippen LogP contribution is -2.24. The number of hydrogen-bond donors (Lipinski definition) is 0. The highest BCUT2D eigenvalue weighted by molar-refractivity contribution is 6.55. The molecule has 0 bridgehead atoms. The monoisotopic (exact) mass is 228 g/mol. The van der Waals surface area contributed by atoms with E-state index in [2.05, 4.69) is 43.0 Å². The van der Waals surface area contributed by atoms with E-state index < -0.39 is 0 Å². The summed E-state index contributed by atoms with van der Waals surface area (Å²) in [5.74, 6) is 0.893. The Morgan fingerprint density at radius 2 is 1.81 bits per heavy atom. The summed E-state index contributed by atoms with van der Waals surface area (Å²) >= 11 is 0. The van der Waals surface area contributed by atoms with Crippen LogP contribution in [0.4, 0.5) is 0 Å². The van der Waals surface area contributed by atoms with E-state index in [0.717, 1.165) is 15.4 Å². The van der Waals surface area contributed by atoms with Crippen molar-refractivity contribution in [1.82, 2.24) is 0 Å². The van der Waals surface area contributed by atoms with Crippen molar-refractivity contribution in [3.05, 3.63) is 43.0 Å². The number of benzene rings is 1. The molecule has 0 aromatic heterocycles. The molecule has 0 saturated heterocycles. The zero-order valence-electron chi connectivity index (χ0n) is 9.86. The van der Waals surface area contributed by atoms with Gasteiger partial charge in [0.2, 0.25) is 0 Å². The summed E-state index contributed by atoms with van der Waals surface area (Å²) in [4.78, 5) is 0. The van der Waals surface area contributed by atoms with Gasteiger partial charge in [0.05, 0.1) is 9.52 Å². The molecule has 0 spiro atoms. The second kappa shape index (κ2) is 6.05. The van der Waals surface area contributed by atoms with E-state index in [4.69, 9.17) is 0 Å². The lowest BCUT2D eigenvalue weighted by molar-refractivity contribution is 0.361. The molecule has 1 atom stereocenters. The van der Waals surface area contributed by atoms with Crippen molar-refractivity contribution in [2.24, 2.45) is 5.92 Å². The fraction of sp³-hybridized carbons (Fsp3) is 0.467. The van der Waals surface area contributed by atoms with Crippen molar-refractivity contribution < 1.29 is 0 Å². The first-order valence-corrected chi connectivity index (χ1v) is 7.42. The predicted octanol–water partition coefficient (Wildman–Crippen LogP) is 3.57. The van der Waals surface area contributed by atoms with Gasteiger partial charge in [-0.1, -0.05) is 73.7 Å². The van der Waals surface area contributed by atoms with Gasteiger partial charge < -0.3 is 0 Å². The fourth-order valence-corrected chi connectivity index (χ4v) is 4.05. The summed E-state index contributed by atoms with van der Waals surface area (Å²) in [7, 11) is 0.908. The van der Waals surface area contributed by atoms with Gasteiger partial charge in [0.15, 0.2) is 0 Å². The van der Waals surface area contributed by atoms with Crippen molar-refractivity contribution in [3.63, 3.8) is 0 Å². The standard InChI is InChI=1S/C15H20Si/c1-2-15(13-9-5-3-6-10-13)16-14-11-7-4-8-12-14/h2,4,7-8,11-13,15H,1,3,5-6,9-10H2. The number of hydrogen-bond acceptors (Lipinski definition) is 0. The molecule has 1 saturated carbocycles. The highest BCUT2D eigenvalue weighted by atomic mass is 28.2. The molecule has 0 amide bonds. The van der Waals surface area contributed by atoms with E-state index in [1.807, 2.05) is 0 Å². The largest absolute Gasteiger partial charge is 0.103 e. The topological polar surface area (TPSA) is 0 Å². The van der Waals surface area contributed by atoms with Crippen LogP contribution in [0.15, 0.2) is 43.0 Å². The van der Waals surface area contributed by atoms with Crippen LogP contribution >= 0.6 is 0 Å². The van der Waals surface area contributed by atoms with Gasteiger partial charge in [-0.3, -0.25) is 0 Å². The lowest BCUT2D eigenvalue weighted by Gasteiger charge is -2.27. The minimum absolute atomic E-state index is 0.711. The molecule has 1 fully saturated rings. The van der Waals surface area contributed by atoms with E-state index in [1.54, 1.807) is 0 Å². The van der Waals surface area contributed by atoms with Crippen molar-refractivity contribution in [2.75, 3.05) is 0 Å². The maximum Gasteiger partial charge on any atom is 0.0886 e. The summed E-state index contributed by atoms with van der Waals surface area (Å²) < 4.78 is 0. The first kappa shape index (κ1) is 11.7. The average Bonchev–Trinajstić information content (AvgIpc) is 2.38. The van der Waals surface area contributed by atoms with Gasteiger partial charge in [-0.15, -0.1) is 6.58 Å². The third kappa shape index (κ3) is 3.08. The van der Waals surface area contributed by atoms with Gasteiger partial charge in [-0.2, -0.15) is 0 Å². The SMILES string of the molecule is C=CC([Si]c1ccccc1)C1CCCCC1. The maximum absolute atomic E-state index is 4.04. The first-order valence-electron chi connectivity index (χ1n) is 6.34. The summed E-state index contributed by atoms with van der Waals surface area (Å²) in [6, 6.07) is 10.9. The van der Waals surface area contributed by atoms with Crippen LogP contribution in [-0.4, -0.2) is 9.52 Å². The molecule has 16 heavy (non-hydrogen) atoms. The van der Waals surface area contributed by atoms with E-state index in [9.17, 15) is 0 Å². The van der Waals surface area contributed by atoms with Gasteiger partial charge in [0.25, 0.3) is 0 Å². The van der Waals surface area contributed by atoms with E-state index in [1.165, 1.54) is 37.3 Å². The van der Waals surface area contributed by atoms with E-state index in [0.29, 0.717) is 5.54 Å². The molecule has 0 heterocycles. The third-order valence-electron chi connectivity index (χ3n) is 3.52. The Morgan fingerprint density at radius 1 is 1.12 bits per heavy atom. The van der Waals surface area contributed by atoms with Crippen molar-refractivity contribution >= 4 is 14.7 Å². The Balaban J connectivity index is 1.97. The second-order valence-corrected chi connectivity index (χ2v) is 6.20. The Labute approximate surface area is 102 Å². The van der Waals surface area contributed by atoms with Crippen LogP contribution in [0.25, 0.3) is 0 Å². The Hall–Kier alpha value is -0.823. The minimum atomic E-state index is 0.711. The van der Waals surface area contributed by atoms with Crippen LogP contribution in [0, 0.1) is 5.92 Å². The van der Waals surface area contributed by atoms with Crippen LogP contribution in [0.3, 0.4) is 0 Å². The van der Waals surface area contributed by atoms with Gasteiger partial charge in [-0.05, 0) is 11.5 Å². The quantitative estimate of drug-likeness (QED) is 0.546. The molecule has 0 nitrogen and oxygen atoms in total. The van der Waals surface area contributed by atoms with E-state index in [-0.39, 0.29) is 0 Å². The normalized spacial score (nSPS) is 19.2. The molecule has 1 unspecified atom stereocenters. The second-order valence-electron chi connectivity index (χ2n) is 4.67. The van der Waals surface area contributed by atoms with Gasteiger partial charge in [-0.25, -0.2) is 0 Å². The molecular formula is C15H20Si. The molecule has 2 rings (SSSR count).